The first-order chi connectivity index (χ1) is 8.40. The summed E-state index contributed by atoms with van der Waals surface area (Å²) >= 11 is 0. The fraction of sp³-hybridized carbons (Fsp3) is 0.455. The van der Waals surface area contributed by atoms with Crippen LogP contribution in [0.15, 0.2) is 0 Å². The molecular formula is C11H12F5NO. The Hall–Kier alpha value is -1.37. The lowest BCUT2D eigenvalue weighted by molar-refractivity contribution is 0.189. The second kappa shape index (κ2) is 5.99. The Balaban J connectivity index is 3.02. The fourth-order valence-corrected chi connectivity index (χ4v) is 1.28. The summed E-state index contributed by atoms with van der Waals surface area (Å²) in [6.45, 7) is 4.05. The van der Waals surface area contributed by atoms with Gasteiger partial charge in [-0.25, -0.2) is 13.2 Å². The van der Waals surface area contributed by atoms with Crippen molar-refractivity contribution in [2.24, 2.45) is 0 Å². The van der Waals surface area contributed by atoms with Crippen molar-refractivity contribution in [3.63, 3.8) is 0 Å². The molecule has 0 spiro atoms. The van der Waals surface area contributed by atoms with Crippen LogP contribution < -0.4 is 10.1 Å². The summed E-state index contributed by atoms with van der Waals surface area (Å²) in [4.78, 5) is 0. The van der Waals surface area contributed by atoms with Gasteiger partial charge in [-0.15, -0.1) is 0 Å². The summed E-state index contributed by atoms with van der Waals surface area (Å²) in [5.74, 6) is -11.4. The summed E-state index contributed by atoms with van der Waals surface area (Å²) < 4.78 is 69.6. The number of rotatable bonds is 5. The van der Waals surface area contributed by atoms with Gasteiger partial charge < -0.3 is 10.1 Å². The van der Waals surface area contributed by atoms with Crippen LogP contribution in [0, 0.1) is 29.1 Å². The Morgan fingerprint density at radius 2 is 1.39 bits per heavy atom. The van der Waals surface area contributed by atoms with E-state index in [4.69, 9.17) is 4.74 Å². The normalized spacial score (nSPS) is 12.6. The number of hydrogen-bond donors (Lipinski definition) is 1. The van der Waals surface area contributed by atoms with Crippen molar-refractivity contribution < 1.29 is 26.7 Å². The number of hydrogen-bond acceptors (Lipinski definition) is 2. The minimum absolute atomic E-state index is 0.218. The van der Waals surface area contributed by atoms with Gasteiger partial charge in [0.2, 0.25) is 29.1 Å². The predicted molar refractivity (Wildman–Crippen MR) is 54.9 cm³/mol. The average Bonchev–Trinajstić information content (AvgIpc) is 2.36. The predicted octanol–water partition coefficient (Wildman–Crippen LogP) is 2.76. The molecule has 1 unspecified atom stereocenters. The maximum atomic E-state index is 13.2. The van der Waals surface area contributed by atoms with E-state index in [-0.39, 0.29) is 6.54 Å². The third-order valence-corrected chi connectivity index (χ3v) is 2.17. The van der Waals surface area contributed by atoms with Crippen LogP contribution >= 0.6 is 0 Å². The quantitative estimate of drug-likeness (QED) is 0.504. The molecule has 0 heterocycles. The molecule has 0 amide bonds. The Morgan fingerprint density at radius 1 is 0.944 bits per heavy atom. The number of benzene rings is 1. The lowest BCUT2D eigenvalue weighted by atomic mass is 10.2. The van der Waals surface area contributed by atoms with E-state index < -0.39 is 40.9 Å². The first-order valence-corrected chi connectivity index (χ1v) is 5.28. The van der Waals surface area contributed by atoms with Gasteiger partial charge in [-0.2, -0.15) is 8.78 Å². The van der Waals surface area contributed by atoms with Crippen LogP contribution in [0.1, 0.15) is 13.8 Å². The molecule has 0 saturated carbocycles. The Labute approximate surface area is 101 Å². The van der Waals surface area contributed by atoms with E-state index in [1.54, 1.807) is 6.92 Å². The maximum Gasteiger partial charge on any atom is 0.207 e. The standard InChI is InChI=1S/C11H12F5NO/c1-3-17-4-5(2)18-11-9(15)7(13)6(12)8(14)10(11)16/h5,17H,3-4H2,1-2H3. The zero-order valence-corrected chi connectivity index (χ0v) is 9.79. The first-order valence-electron chi connectivity index (χ1n) is 5.28. The van der Waals surface area contributed by atoms with Gasteiger partial charge in [0.25, 0.3) is 0 Å². The van der Waals surface area contributed by atoms with Gasteiger partial charge in [0.15, 0.2) is 5.75 Å². The van der Waals surface area contributed by atoms with Gasteiger partial charge in [-0.05, 0) is 13.5 Å². The van der Waals surface area contributed by atoms with Gasteiger partial charge in [-0.1, -0.05) is 6.92 Å². The maximum absolute atomic E-state index is 13.2. The highest BCUT2D eigenvalue weighted by atomic mass is 19.2. The molecule has 0 fully saturated rings. The number of likely N-dealkylation sites (N-methyl/N-ethyl adjacent to an activating group) is 1. The molecule has 1 aromatic rings. The summed E-state index contributed by atoms with van der Waals surface area (Å²) in [7, 11) is 0. The monoisotopic (exact) mass is 269 g/mol. The Kier molecular flexibility index (Phi) is 4.89. The largest absolute Gasteiger partial charge is 0.483 e. The van der Waals surface area contributed by atoms with Crippen molar-refractivity contribution in [1.29, 1.82) is 0 Å². The second-order valence-corrected chi connectivity index (χ2v) is 3.64. The highest BCUT2D eigenvalue weighted by Gasteiger charge is 2.27. The van der Waals surface area contributed by atoms with Crippen LogP contribution in [0.5, 0.6) is 5.75 Å². The molecule has 1 atom stereocenters. The molecule has 0 aliphatic carbocycles. The molecule has 0 aliphatic rings. The van der Waals surface area contributed by atoms with Crippen LogP contribution in [-0.4, -0.2) is 19.2 Å². The van der Waals surface area contributed by atoms with Crippen molar-refractivity contribution in [1.82, 2.24) is 5.32 Å². The van der Waals surface area contributed by atoms with Crippen LogP contribution in [-0.2, 0) is 0 Å². The van der Waals surface area contributed by atoms with E-state index in [2.05, 4.69) is 5.32 Å². The summed E-state index contributed by atoms with van der Waals surface area (Å²) in [5, 5.41) is 2.82. The molecule has 18 heavy (non-hydrogen) atoms. The van der Waals surface area contributed by atoms with E-state index in [1.165, 1.54) is 6.92 Å². The minimum Gasteiger partial charge on any atom is -0.483 e. The molecule has 7 heteroatoms. The third kappa shape index (κ3) is 2.90. The summed E-state index contributed by atoms with van der Waals surface area (Å²) in [6.07, 6.45) is -0.738. The van der Waals surface area contributed by atoms with Crippen LogP contribution in [0.2, 0.25) is 0 Å². The molecule has 102 valence electrons. The molecule has 1 N–H and O–H groups in total. The molecule has 1 rings (SSSR count). The van der Waals surface area contributed by atoms with Crippen molar-refractivity contribution in [3.8, 4) is 5.75 Å². The molecular weight excluding hydrogens is 257 g/mol. The number of halogens is 5. The van der Waals surface area contributed by atoms with Gasteiger partial charge in [0.1, 0.15) is 6.10 Å². The summed E-state index contributed by atoms with van der Waals surface area (Å²) in [5.41, 5.74) is 0. The van der Waals surface area contributed by atoms with Gasteiger partial charge in [0, 0.05) is 6.54 Å². The minimum atomic E-state index is -2.20. The number of nitrogens with one attached hydrogen (secondary N) is 1. The van der Waals surface area contributed by atoms with Crippen LogP contribution in [0.3, 0.4) is 0 Å². The average molecular weight is 269 g/mol. The topological polar surface area (TPSA) is 21.3 Å². The molecule has 1 aromatic carbocycles. The molecule has 2 nitrogen and oxygen atoms in total. The lowest BCUT2D eigenvalue weighted by Crippen LogP contribution is -2.29. The zero-order chi connectivity index (χ0) is 13.9. The Bertz CT molecular complexity index is 409. The van der Waals surface area contributed by atoms with E-state index in [0.717, 1.165) is 0 Å². The molecule has 0 aliphatic heterocycles. The van der Waals surface area contributed by atoms with E-state index in [9.17, 15) is 22.0 Å². The van der Waals surface area contributed by atoms with Crippen molar-refractivity contribution in [2.75, 3.05) is 13.1 Å². The van der Waals surface area contributed by atoms with Crippen molar-refractivity contribution >= 4 is 0 Å². The van der Waals surface area contributed by atoms with Crippen molar-refractivity contribution in [3.05, 3.63) is 29.1 Å². The van der Waals surface area contributed by atoms with Gasteiger partial charge in [0.05, 0.1) is 0 Å². The molecule has 0 saturated heterocycles. The molecule has 0 aromatic heterocycles. The van der Waals surface area contributed by atoms with Crippen molar-refractivity contribution in [2.45, 2.75) is 20.0 Å². The lowest BCUT2D eigenvalue weighted by Gasteiger charge is -2.16. The fourth-order valence-electron chi connectivity index (χ4n) is 1.28. The highest BCUT2D eigenvalue weighted by molar-refractivity contribution is 5.29. The second-order valence-electron chi connectivity index (χ2n) is 3.64. The van der Waals surface area contributed by atoms with E-state index in [0.29, 0.717) is 6.54 Å². The van der Waals surface area contributed by atoms with E-state index in [1.807, 2.05) is 0 Å². The van der Waals surface area contributed by atoms with Crippen LogP contribution in [0.25, 0.3) is 0 Å². The molecule has 0 radical (unpaired) electrons. The SMILES string of the molecule is CCNCC(C)Oc1c(F)c(F)c(F)c(F)c1F. The van der Waals surface area contributed by atoms with Crippen LogP contribution in [0.4, 0.5) is 22.0 Å². The van der Waals surface area contributed by atoms with Gasteiger partial charge in [-0.3, -0.25) is 0 Å². The Morgan fingerprint density at radius 3 is 1.83 bits per heavy atom. The van der Waals surface area contributed by atoms with E-state index >= 15 is 0 Å². The highest BCUT2D eigenvalue weighted by Crippen LogP contribution is 2.29. The van der Waals surface area contributed by atoms with Gasteiger partial charge >= 0.3 is 0 Å². The third-order valence-electron chi connectivity index (χ3n) is 2.17. The zero-order valence-electron chi connectivity index (χ0n) is 9.79. The first kappa shape index (κ1) is 14.7. The summed E-state index contributed by atoms with van der Waals surface area (Å²) in [6, 6.07) is 0. The number of ether oxygens (including phenoxy) is 1. The smallest absolute Gasteiger partial charge is 0.207 e. The molecule has 0 bridgehead atoms.